The van der Waals surface area contributed by atoms with Gasteiger partial charge in [-0.1, -0.05) is 28.1 Å². The summed E-state index contributed by atoms with van der Waals surface area (Å²) in [7, 11) is 0. The van der Waals surface area contributed by atoms with E-state index in [1.54, 1.807) is 6.26 Å². The fourth-order valence-electron chi connectivity index (χ4n) is 2.47. The van der Waals surface area contributed by atoms with Crippen LogP contribution < -0.4 is 0 Å². The molecule has 21 heavy (non-hydrogen) atoms. The molecular weight excluding hydrogens is 330 g/mol. The number of aryl methyl sites for hydroxylation is 1. The molecule has 1 aliphatic carbocycles. The Balaban J connectivity index is 1.62. The van der Waals surface area contributed by atoms with Gasteiger partial charge in [0.25, 0.3) is 0 Å². The largest absolute Gasteiger partial charge is 0.469 e. The van der Waals surface area contributed by atoms with Gasteiger partial charge in [0.1, 0.15) is 5.76 Å². The summed E-state index contributed by atoms with van der Waals surface area (Å²) < 4.78 is 6.35. The number of halogens is 1. The first-order valence-corrected chi connectivity index (χ1v) is 8.08. The molecule has 1 fully saturated rings. The van der Waals surface area contributed by atoms with Gasteiger partial charge >= 0.3 is 0 Å². The van der Waals surface area contributed by atoms with Gasteiger partial charge in [-0.25, -0.2) is 0 Å². The van der Waals surface area contributed by atoms with Gasteiger partial charge in [-0.2, -0.15) is 0 Å². The lowest BCUT2D eigenvalue weighted by Gasteiger charge is -2.22. The summed E-state index contributed by atoms with van der Waals surface area (Å²) in [5.41, 5.74) is 1.17. The second-order valence-corrected chi connectivity index (χ2v) is 6.38. The third-order valence-corrected chi connectivity index (χ3v) is 4.21. The minimum atomic E-state index is 0.217. The minimum absolute atomic E-state index is 0.217. The number of rotatable bonds is 6. The van der Waals surface area contributed by atoms with E-state index in [1.165, 1.54) is 5.56 Å². The van der Waals surface area contributed by atoms with Crippen molar-refractivity contribution in [3.63, 3.8) is 0 Å². The van der Waals surface area contributed by atoms with Crippen molar-refractivity contribution in [1.29, 1.82) is 0 Å². The molecule has 0 unspecified atom stereocenters. The number of nitrogens with zero attached hydrogens (tertiary/aromatic N) is 1. The summed E-state index contributed by atoms with van der Waals surface area (Å²) in [6, 6.07) is 12.4. The van der Waals surface area contributed by atoms with Crippen LogP contribution in [-0.2, 0) is 17.8 Å². The highest BCUT2D eigenvalue weighted by atomic mass is 79.9. The summed E-state index contributed by atoms with van der Waals surface area (Å²) in [5.74, 6) is 1.09. The fraction of sp³-hybridized carbons (Fsp3) is 0.353. The monoisotopic (exact) mass is 347 g/mol. The first-order chi connectivity index (χ1) is 10.2. The Morgan fingerprint density at radius 2 is 2.14 bits per heavy atom. The Morgan fingerprint density at radius 3 is 2.81 bits per heavy atom. The molecule has 0 aliphatic heterocycles. The predicted octanol–water partition coefficient (Wildman–Crippen LogP) is 4.17. The van der Waals surface area contributed by atoms with Gasteiger partial charge in [0.15, 0.2) is 0 Å². The molecular formula is C17H18BrNO2. The van der Waals surface area contributed by atoms with E-state index in [-0.39, 0.29) is 5.91 Å². The molecule has 1 amide bonds. The van der Waals surface area contributed by atoms with Crippen LogP contribution in [0.25, 0.3) is 0 Å². The van der Waals surface area contributed by atoms with E-state index < -0.39 is 0 Å². The maximum atomic E-state index is 12.5. The van der Waals surface area contributed by atoms with Gasteiger partial charge < -0.3 is 9.32 Å². The van der Waals surface area contributed by atoms with Crippen molar-refractivity contribution in [3.8, 4) is 0 Å². The molecule has 1 saturated carbocycles. The van der Waals surface area contributed by atoms with Gasteiger partial charge in [-0.05, 0) is 42.7 Å². The zero-order valence-corrected chi connectivity index (χ0v) is 13.4. The molecule has 110 valence electrons. The average Bonchev–Trinajstić information content (AvgIpc) is 3.18. The molecule has 0 bridgehead atoms. The molecule has 2 aromatic rings. The van der Waals surface area contributed by atoms with Crippen molar-refractivity contribution in [2.24, 2.45) is 0 Å². The second kappa shape index (κ2) is 6.48. The van der Waals surface area contributed by atoms with Crippen molar-refractivity contribution >= 4 is 21.8 Å². The van der Waals surface area contributed by atoms with Crippen molar-refractivity contribution in [1.82, 2.24) is 4.90 Å². The van der Waals surface area contributed by atoms with Crippen LogP contribution in [0.5, 0.6) is 0 Å². The summed E-state index contributed by atoms with van der Waals surface area (Å²) in [5, 5.41) is 0. The van der Waals surface area contributed by atoms with Crippen LogP contribution in [0.2, 0.25) is 0 Å². The van der Waals surface area contributed by atoms with E-state index in [1.807, 2.05) is 29.2 Å². The zero-order valence-electron chi connectivity index (χ0n) is 11.8. The van der Waals surface area contributed by atoms with Gasteiger partial charge in [0, 0.05) is 29.9 Å². The first kappa shape index (κ1) is 14.4. The van der Waals surface area contributed by atoms with Crippen LogP contribution in [0.1, 0.15) is 30.6 Å². The van der Waals surface area contributed by atoms with E-state index >= 15 is 0 Å². The Labute approximate surface area is 133 Å². The summed E-state index contributed by atoms with van der Waals surface area (Å²) >= 11 is 3.48. The van der Waals surface area contributed by atoms with Gasteiger partial charge in [-0.3, -0.25) is 4.79 Å². The highest BCUT2D eigenvalue weighted by Crippen LogP contribution is 2.29. The third-order valence-electron chi connectivity index (χ3n) is 3.72. The first-order valence-electron chi connectivity index (χ1n) is 7.28. The molecule has 1 aromatic heterocycles. The number of amides is 1. The minimum Gasteiger partial charge on any atom is -0.469 e. The van der Waals surface area contributed by atoms with Gasteiger partial charge in [0.05, 0.1) is 6.26 Å². The van der Waals surface area contributed by atoms with Crippen LogP contribution in [0.4, 0.5) is 0 Å². The van der Waals surface area contributed by atoms with E-state index in [0.717, 1.165) is 23.1 Å². The topological polar surface area (TPSA) is 33.5 Å². The number of furan rings is 1. The number of carbonyl (C=O) groups excluding carboxylic acids is 1. The van der Waals surface area contributed by atoms with E-state index in [9.17, 15) is 4.79 Å². The van der Waals surface area contributed by atoms with Crippen LogP contribution in [0.15, 0.2) is 51.6 Å². The maximum Gasteiger partial charge on any atom is 0.223 e. The maximum absolute atomic E-state index is 12.5. The van der Waals surface area contributed by atoms with E-state index in [4.69, 9.17) is 4.42 Å². The van der Waals surface area contributed by atoms with E-state index in [0.29, 0.717) is 25.4 Å². The molecule has 1 aliphatic rings. The summed E-state index contributed by atoms with van der Waals surface area (Å²) in [6.07, 6.45) is 5.09. The van der Waals surface area contributed by atoms with Crippen LogP contribution in [-0.4, -0.2) is 16.8 Å². The van der Waals surface area contributed by atoms with Crippen molar-refractivity contribution in [3.05, 3.63) is 58.5 Å². The standard InChI is InChI=1S/C17H18BrNO2/c18-14-4-1-3-13(11-14)12-19(15-6-7-15)17(20)9-8-16-5-2-10-21-16/h1-5,10-11,15H,6-9,12H2. The van der Waals surface area contributed by atoms with Crippen molar-refractivity contribution in [2.75, 3.05) is 0 Å². The summed E-state index contributed by atoms with van der Waals surface area (Å²) in [4.78, 5) is 14.5. The zero-order chi connectivity index (χ0) is 14.7. The Bertz CT molecular complexity index is 605. The Morgan fingerprint density at radius 1 is 1.29 bits per heavy atom. The second-order valence-electron chi connectivity index (χ2n) is 5.46. The highest BCUT2D eigenvalue weighted by molar-refractivity contribution is 9.10. The molecule has 3 nitrogen and oxygen atoms in total. The van der Waals surface area contributed by atoms with Crippen molar-refractivity contribution < 1.29 is 9.21 Å². The van der Waals surface area contributed by atoms with Crippen LogP contribution in [0.3, 0.4) is 0 Å². The lowest BCUT2D eigenvalue weighted by molar-refractivity contribution is -0.132. The van der Waals surface area contributed by atoms with Gasteiger partial charge in [-0.15, -0.1) is 0 Å². The Hall–Kier alpha value is -1.55. The SMILES string of the molecule is O=C(CCc1ccco1)N(Cc1cccc(Br)c1)C1CC1. The quantitative estimate of drug-likeness (QED) is 0.785. The smallest absolute Gasteiger partial charge is 0.223 e. The molecule has 0 N–H and O–H groups in total. The molecule has 3 rings (SSSR count). The number of carbonyl (C=O) groups is 1. The molecule has 0 spiro atoms. The molecule has 4 heteroatoms. The van der Waals surface area contributed by atoms with Crippen LogP contribution in [0, 0.1) is 0 Å². The van der Waals surface area contributed by atoms with E-state index in [2.05, 4.69) is 28.1 Å². The number of hydrogen-bond donors (Lipinski definition) is 0. The third kappa shape index (κ3) is 3.97. The summed E-state index contributed by atoms with van der Waals surface area (Å²) in [6.45, 7) is 0.696. The Kier molecular flexibility index (Phi) is 4.44. The lowest BCUT2D eigenvalue weighted by Crippen LogP contribution is -2.32. The van der Waals surface area contributed by atoms with Crippen molar-refractivity contribution in [2.45, 2.75) is 38.3 Å². The molecule has 1 heterocycles. The van der Waals surface area contributed by atoms with Crippen LogP contribution >= 0.6 is 15.9 Å². The molecule has 0 radical (unpaired) electrons. The fourth-order valence-corrected chi connectivity index (χ4v) is 2.91. The number of benzene rings is 1. The normalized spacial score (nSPS) is 14.1. The lowest BCUT2D eigenvalue weighted by atomic mass is 10.2. The molecule has 1 aromatic carbocycles. The van der Waals surface area contributed by atoms with Gasteiger partial charge in [0.2, 0.25) is 5.91 Å². The molecule has 0 saturated heterocycles. The molecule has 0 atom stereocenters. The highest BCUT2D eigenvalue weighted by Gasteiger charge is 2.32. The average molecular weight is 348 g/mol. The predicted molar refractivity (Wildman–Crippen MR) is 84.7 cm³/mol. The number of hydrogen-bond acceptors (Lipinski definition) is 2.